The standard InChI is InChI=1S/C15H24N4O2/c1-6-10(4)12-15(21)19(11-7-8-18(5)17-11)13(9(2)3)14(20)16-12/h7-10,12-13H,6H2,1-5H3,(H,16,20). The molecule has 0 radical (unpaired) electrons. The second-order valence-electron chi connectivity index (χ2n) is 6.12. The summed E-state index contributed by atoms with van der Waals surface area (Å²) < 4.78 is 1.64. The molecule has 0 aliphatic carbocycles. The molecule has 1 fully saturated rings. The van der Waals surface area contributed by atoms with Gasteiger partial charge < -0.3 is 5.32 Å². The molecule has 116 valence electrons. The summed E-state index contributed by atoms with van der Waals surface area (Å²) in [5, 5.41) is 7.20. The Morgan fingerprint density at radius 3 is 2.48 bits per heavy atom. The van der Waals surface area contributed by atoms with Gasteiger partial charge in [-0.1, -0.05) is 34.1 Å². The number of amides is 2. The summed E-state index contributed by atoms with van der Waals surface area (Å²) in [6.45, 7) is 7.88. The van der Waals surface area contributed by atoms with Gasteiger partial charge in [0.05, 0.1) is 0 Å². The average Bonchev–Trinajstić information content (AvgIpc) is 2.85. The van der Waals surface area contributed by atoms with Crippen molar-refractivity contribution in [3.63, 3.8) is 0 Å². The molecule has 3 atom stereocenters. The molecule has 1 saturated heterocycles. The van der Waals surface area contributed by atoms with Gasteiger partial charge in [0, 0.05) is 19.3 Å². The van der Waals surface area contributed by atoms with E-state index < -0.39 is 12.1 Å². The zero-order valence-electron chi connectivity index (χ0n) is 13.3. The lowest BCUT2D eigenvalue weighted by Crippen LogP contribution is -2.66. The summed E-state index contributed by atoms with van der Waals surface area (Å²) in [7, 11) is 1.80. The number of piperazine rings is 1. The number of carbonyl (C=O) groups is 2. The van der Waals surface area contributed by atoms with Crippen molar-refractivity contribution in [3.05, 3.63) is 12.3 Å². The summed E-state index contributed by atoms with van der Waals surface area (Å²) in [5.74, 6) is 0.501. The topological polar surface area (TPSA) is 67.2 Å². The first-order valence-electron chi connectivity index (χ1n) is 7.49. The molecule has 1 aromatic rings. The molecular formula is C15H24N4O2. The fraction of sp³-hybridized carbons (Fsp3) is 0.667. The van der Waals surface area contributed by atoms with Crippen LogP contribution in [0.3, 0.4) is 0 Å². The van der Waals surface area contributed by atoms with Crippen LogP contribution >= 0.6 is 0 Å². The highest BCUT2D eigenvalue weighted by Gasteiger charge is 2.45. The highest BCUT2D eigenvalue weighted by atomic mass is 16.2. The molecule has 1 aromatic heterocycles. The Kier molecular flexibility index (Phi) is 4.34. The molecule has 1 aliphatic rings. The summed E-state index contributed by atoms with van der Waals surface area (Å²) in [6, 6.07) is 0.798. The maximum atomic E-state index is 12.9. The van der Waals surface area contributed by atoms with Crippen LogP contribution in [0.1, 0.15) is 34.1 Å². The normalized spacial score (nSPS) is 24.4. The summed E-state index contributed by atoms with van der Waals surface area (Å²) >= 11 is 0. The van der Waals surface area contributed by atoms with Gasteiger partial charge >= 0.3 is 0 Å². The van der Waals surface area contributed by atoms with E-state index in [2.05, 4.69) is 10.4 Å². The third kappa shape index (κ3) is 2.80. The fourth-order valence-corrected chi connectivity index (χ4v) is 2.71. The van der Waals surface area contributed by atoms with E-state index >= 15 is 0 Å². The maximum Gasteiger partial charge on any atom is 0.251 e. The van der Waals surface area contributed by atoms with Crippen molar-refractivity contribution in [2.45, 2.75) is 46.2 Å². The highest BCUT2D eigenvalue weighted by molar-refractivity contribution is 6.08. The lowest BCUT2D eigenvalue weighted by atomic mass is 9.91. The number of anilines is 1. The number of aromatic nitrogens is 2. The fourth-order valence-electron chi connectivity index (χ4n) is 2.71. The number of nitrogens with zero attached hydrogens (tertiary/aromatic N) is 3. The van der Waals surface area contributed by atoms with Crippen molar-refractivity contribution in [3.8, 4) is 0 Å². The smallest absolute Gasteiger partial charge is 0.251 e. The Bertz CT molecular complexity index is 538. The Morgan fingerprint density at radius 2 is 2.00 bits per heavy atom. The minimum atomic E-state index is -0.507. The zero-order valence-corrected chi connectivity index (χ0v) is 13.3. The van der Waals surface area contributed by atoms with Crippen LogP contribution in [0.25, 0.3) is 0 Å². The predicted octanol–water partition coefficient (Wildman–Crippen LogP) is 1.32. The monoisotopic (exact) mass is 292 g/mol. The molecule has 0 bridgehead atoms. The first-order chi connectivity index (χ1) is 9.86. The van der Waals surface area contributed by atoms with E-state index in [0.29, 0.717) is 5.82 Å². The quantitative estimate of drug-likeness (QED) is 0.910. The third-order valence-electron chi connectivity index (χ3n) is 4.14. The van der Waals surface area contributed by atoms with Gasteiger partial charge in [-0.25, -0.2) is 0 Å². The van der Waals surface area contributed by atoms with E-state index in [1.54, 1.807) is 28.9 Å². The van der Waals surface area contributed by atoms with Crippen LogP contribution in [0, 0.1) is 11.8 Å². The lowest BCUT2D eigenvalue weighted by molar-refractivity contribution is -0.136. The van der Waals surface area contributed by atoms with Gasteiger partial charge in [0.1, 0.15) is 12.1 Å². The zero-order chi connectivity index (χ0) is 15.7. The van der Waals surface area contributed by atoms with Crippen LogP contribution in [-0.4, -0.2) is 33.7 Å². The molecule has 0 spiro atoms. The lowest BCUT2D eigenvalue weighted by Gasteiger charge is -2.41. The van der Waals surface area contributed by atoms with Crippen molar-refractivity contribution in [1.82, 2.24) is 15.1 Å². The van der Waals surface area contributed by atoms with E-state index in [0.717, 1.165) is 6.42 Å². The molecule has 2 amide bonds. The molecule has 0 aromatic carbocycles. The van der Waals surface area contributed by atoms with Crippen molar-refractivity contribution >= 4 is 17.6 Å². The van der Waals surface area contributed by atoms with Crippen molar-refractivity contribution < 1.29 is 9.59 Å². The molecular weight excluding hydrogens is 268 g/mol. The molecule has 1 N–H and O–H groups in total. The Hall–Kier alpha value is -1.85. The number of hydrogen-bond donors (Lipinski definition) is 1. The van der Waals surface area contributed by atoms with Crippen LogP contribution in [0.15, 0.2) is 12.3 Å². The van der Waals surface area contributed by atoms with Gasteiger partial charge in [0.2, 0.25) is 5.91 Å². The molecule has 6 heteroatoms. The maximum absolute atomic E-state index is 12.9. The second kappa shape index (κ2) is 5.87. The minimum absolute atomic E-state index is 0.0221. The summed E-state index contributed by atoms with van der Waals surface area (Å²) in [4.78, 5) is 26.9. The molecule has 2 heterocycles. The number of aryl methyl sites for hydroxylation is 1. The summed E-state index contributed by atoms with van der Waals surface area (Å²) in [5.41, 5.74) is 0. The van der Waals surface area contributed by atoms with E-state index in [9.17, 15) is 9.59 Å². The number of rotatable bonds is 4. The molecule has 2 rings (SSSR count). The number of carbonyl (C=O) groups excluding carboxylic acids is 2. The first-order valence-corrected chi connectivity index (χ1v) is 7.49. The van der Waals surface area contributed by atoms with E-state index in [4.69, 9.17) is 0 Å². The van der Waals surface area contributed by atoms with Crippen LogP contribution < -0.4 is 10.2 Å². The van der Waals surface area contributed by atoms with E-state index in [-0.39, 0.29) is 23.7 Å². The predicted molar refractivity (Wildman–Crippen MR) is 80.7 cm³/mol. The Labute approximate surface area is 125 Å². The molecule has 6 nitrogen and oxygen atoms in total. The van der Waals surface area contributed by atoms with Crippen LogP contribution in [-0.2, 0) is 16.6 Å². The van der Waals surface area contributed by atoms with Crippen molar-refractivity contribution in [2.24, 2.45) is 18.9 Å². The minimum Gasteiger partial charge on any atom is -0.342 e. The van der Waals surface area contributed by atoms with Gasteiger partial charge in [0.15, 0.2) is 5.82 Å². The van der Waals surface area contributed by atoms with E-state index in [1.165, 1.54) is 0 Å². The van der Waals surface area contributed by atoms with Gasteiger partial charge in [0.25, 0.3) is 5.91 Å². The van der Waals surface area contributed by atoms with Crippen LogP contribution in [0.4, 0.5) is 5.82 Å². The number of hydrogen-bond acceptors (Lipinski definition) is 3. The molecule has 3 unspecified atom stereocenters. The second-order valence-corrected chi connectivity index (χ2v) is 6.12. The van der Waals surface area contributed by atoms with Gasteiger partial charge in [-0.15, -0.1) is 0 Å². The Morgan fingerprint density at radius 1 is 1.33 bits per heavy atom. The SMILES string of the molecule is CCC(C)C1NC(=O)C(C(C)C)N(c2ccn(C)n2)C1=O. The average molecular weight is 292 g/mol. The van der Waals surface area contributed by atoms with Crippen molar-refractivity contribution in [1.29, 1.82) is 0 Å². The highest BCUT2D eigenvalue weighted by Crippen LogP contribution is 2.26. The molecule has 21 heavy (non-hydrogen) atoms. The molecule has 0 saturated carbocycles. The number of nitrogens with one attached hydrogen (secondary N) is 1. The first kappa shape index (κ1) is 15.5. The van der Waals surface area contributed by atoms with Crippen LogP contribution in [0.2, 0.25) is 0 Å². The largest absolute Gasteiger partial charge is 0.342 e. The van der Waals surface area contributed by atoms with Crippen molar-refractivity contribution in [2.75, 3.05) is 4.90 Å². The molecule has 1 aliphatic heterocycles. The Balaban J connectivity index is 2.42. The summed E-state index contributed by atoms with van der Waals surface area (Å²) in [6.07, 6.45) is 2.61. The van der Waals surface area contributed by atoms with Gasteiger partial charge in [-0.2, -0.15) is 5.10 Å². The van der Waals surface area contributed by atoms with Crippen LogP contribution in [0.5, 0.6) is 0 Å². The third-order valence-corrected chi connectivity index (χ3v) is 4.14. The van der Waals surface area contributed by atoms with E-state index in [1.807, 2.05) is 27.7 Å². The van der Waals surface area contributed by atoms with Gasteiger partial charge in [-0.05, 0) is 11.8 Å². The van der Waals surface area contributed by atoms with Gasteiger partial charge in [-0.3, -0.25) is 19.2 Å².